The van der Waals surface area contributed by atoms with Crippen LogP contribution in [0.15, 0.2) is 53.2 Å². The molecule has 1 aromatic carbocycles. The molecule has 6 heteroatoms. The van der Waals surface area contributed by atoms with Gasteiger partial charge in [-0.3, -0.25) is 0 Å². The Morgan fingerprint density at radius 3 is 2.69 bits per heavy atom. The summed E-state index contributed by atoms with van der Waals surface area (Å²) in [7, 11) is 1.65. The van der Waals surface area contributed by atoms with E-state index >= 15 is 0 Å². The van der Waals surface area contributed by atoms with Crippen LogP contribution in [0.25, 0.3) is 11.3 Å². The molecule has 0 amide bonds. The van der Waals surface area contributed by atoms with Crippen LogP contribution in [0.3, 0.4) is 0 Å². The quantitative estimate of drug-likeness (QED) is 0.732. The average molecular weight is 350 g/mol. The van der Waals surface area contributed by atoms with Gasteiger partial charge in [0, 0.05) is 18.7 Å². The van der Waals surface area contributed by atoms with E-state index in [0.29, 0.717) is 11.8 Å². The first-order valence-electron chi connectivity index (χ1n) is 8.90. The first-order valence-corrected chi connectivity index (χ1v) is 8.90. The van der Waals surface area contributed by atoms with Crippen LogP contribution < -0.4 is 15.0 Å². The van der Waals surface area contributed by atoms with Crippen LogP contribution in [0.4, 0.5) is 17.5 Å². The van der Waals surface area contributed by atoms with E-state index in [1.54, 1.807) is 13.3 Å². The second-order valence-corrected chi connectivity index (χ2v) is 6.34. The zero-order chi connectivity index (χ0) is 17.8. The van der Waals surface area contributed by atoms with Crippen molar-refractivity contribution in [1.82, 2.24) is 9.97 Å². The van der Waals surface area contributed by atoms with Crippen molar-refractivity contribution < 1.29 is 9.15 Å². The SMILES string of the molecule is COc1cccc(-c2cnc(Nc3ccc(N4CCCCC4)nc3)o2)c1. The Bertz CT molecular complexity index is 854. The van der Waals surface area contributed by atoms with Crippen molar-refractivity contribution in [3.63, 3.8) is 0 Å². The Balaban J connectivity index is 1.45. The Morgan fingerprint density at radius 2 is 1.92 bits per heavy atom. The standard InChI is InChI=1S/C20H22N4O2/c1-25-17-7-5-6-15(12-17)18-14-22-20(26-18)23-16-8-9-19(21-13-16)24-10-3-2-4-11-24/h5-9,12-14H,2-4,10-11H2,1H3,(H,22,23). The highest BCUT2D eigenvalue weighted by molar-refractivity contribution is 5.61. The van der Waals surface area contributed by atoms with Gasteiger partial charge in [-0.05, 0) is 43.5 Å². The third-order valence-electron chi connectivity index (χ3n) is 4.54. The maximum absolute atomic E-state index is 5.80. The fourth-order valence-electron chi connectivity index (χ4n) is 3.14. The Hall–Kier alpha value is -3.02. The first kappa shape index (κ1) is 16.4. The van der Waals surface area contributed by atoms with Crippen LogP contribution in [0.5, 0.6) is 5.75 Å². The molecule has 0 radical (unpaired) electrons. The number of aromatic nitrogens is 2. The van der Waals surface area contributed by atoms with Gasteiger partial charge in [-0.15, -0.1) is 0 Å². The van der Waals surface area contributed by atoms with Gasteiger partial charge in [0.15, 0.2) is 5.76 Å². The van der Waals surface area contributed by atoms with Crippen molar-refractivity contribution in [3.05, 3.63) is 48.8 Å². The maximum atomic E-state index is 5.80. The Labute approximate surface area is 152 Å². The van der Waals surface area contributed by atoms with Crippen molar-refractivity contribution >= 4 is 17.5 Å². The number of hydrogen-bond acceptors (Lipinski definition) is 6. The number of nitrogens with one attached hydrogen (secondary N) is 1. The summed E-state index contributed by atoms with van der Waals surface area (Å²) in [4.78, 5) is 11.2. The molecule has 0 unspecified atom stereocenters. The summed E-state index contributed by atoms with van der Waals surface area (Å²) in [5.41, 5.74) is 1.77. The zero-order valence-electron chi connectivity index (χ0n) is 14.8. The highest BCUT2D eigenvalue weighted by Gasteiger charge is 2.12. The van der Waals surface area contributed by atoms with Gasteiger partial charge in [0.05, 0.1) is 25.2 Å². The molecule has 2 aromatic heterocycles. The van der Waals surface area contributed by atoms with Crippen molar-refractivity contribution in [2.45, 2.75) is 19.3 Å². The van der Waals surface area contributed by atoms with Crippen LogP contribution in [0.2, 0.25) is 0 Å². The van der Waals surface area contributed by atoms with Crippen molar-refractivity contribution in [2.75, 3.05) is 30.4 Å². The molecule has 3 heterocycles. The predicted molar refractivity (Wildman–Crippen MR) is 102 cm³/mol. The van der Waals surface area contributed by atoms with Crippen molar-refractivity contribution in [2.24, 2.45) is 0 Å². The second-order valence-electron chi connectivity index (χ2n) is 6.34. The largest absolute Gasteiger partial charge is 0.497 e. The Morgan fingerprint density at radius 1 is 1.04 bits per heavy atom. The van der Waals surface area contributed by atoms with E-state index in [1.807, 2.05) is 42.6 Å². The van der Waals surface area contributed by atoms with E-state index < -0.39 is 0 Å². The minimum Gasteiger partial charge on any atom is -0.497 e. The minimum absolute atomic E-state index is 0.440. The lowest BCUT2D eigenvalue weighted by atomic mass is 10.1. The molecule has 1 saturated heterocycles. The van der Waals surface area contributed by atoms with Crippen LogP contribution in [0.1, 0.15) is 19.3 Å². The van der Waals surface area contributed by atoms with Gasteiger partial charge in [0.1, 0.15) is 11.6 Å². The second kappa shape index (κ2) is 7.47. The number of piperidine rings is 1. The Kier molecular flexibility index (Phi) is 4.73. The fourth-order valence-corrected chi connectivity index (χ4v) is 3.14. The van der Waals surface area contributed by atoms with E-state index in [4.69, 9.17) is 9.15 Å². The average Bonchev–Trinajstić information content (AvgIpc) is 3.18. The summed E-state index contributed by atoms with van der Waals surface area (Å²) in [6, 6.07) is 12.2. The molecular weight excluding hydrogens is 328 g/mol. The van der Waals surface area contributed by atoms with Gasteiger partial charge < -0.3 is 19.4 Å². The van der Waals surface area contributed by atoms with Gasteiger partial charge in [-0.25, -0.2) is 9.97 Å². The maximum Gasteiger partial charge on any atom is 0.299 e. The lowest BCUT2D eigenvalue weighted by molar-refractivity contribution is 0.415. The predicted octanol–water partition coefficient (Wildman–Crippen LogP) is 4.48. The molecule has 6 nitrogen and oxygen atoms in total. The smallest absolute Gasteiger partial charge is 0.299 e. The molecule has 134 valence electrons. The van der Waals surface area contributed by atoms with Crippen molar-refractivity contribution in [3.8, 4) is 17.1 Å². The fraction of sp³-hybridized carbons (Fsp3) is 0.300. The zero-order valence-corrected chi connectivity index (χ0v) is 14.8. The molecule has 1 aliphatic rings. The van der Waals surface area contributed by atoms with E-state index in [-0.39, 0.29) is 0 Å². The summed E-state index contributed by atoms with van der Waals surface area (Å²) >= 11 is 0. The molecule has 1 aliphatic heterocycles. The molecule has 26 heavy (non-hydrogen) atoms. The number of ether oxygens (including phenoxy) is 1. The summed E-state index contributed by atoms with van der Waals surface area (Å²) in [5, 5.41) is 3.16. The van der Waals surface area contributed by atoms with Crippen LogP contribution in [-0.4, -0.2) is 30.2 Å². The van der Waals surface area contributed by atoms with E-state index in [1.165, 1.54) is 19.3 Å². The number of hydrogen-bond donors (Lipinski definition) is 1. The molecule has 0 bridgehead atoms. The van der Waals surface area contributed by atoms with Gasteiger partial charge in [-0.1, -0.05) is 12.1 Å². The molecule has 3 aromatic rings. The van der Waals surface area contributed by atoms with Gasteiger partial charge in [0.25, 0.3) is 6.01 Å². The number of oxazole rings is 1. The molecule has 0 aliphatic carbocycles. The molecule has 1 fully saturated rings. The van der Waals surface area contributed by atoms with E-state index in [0.717, 1.165) is 35.9 Å². The molecule has 0 spiro atoms. The lowest BCUT2D eigenvalue weighted by Crippen LogP contribution is -2.29. The van der Waals surface area contributed by atoms with E-state index in [9.17, 15) is 0 Å². The minimum atomic E-state index is 0.440. The third-order valence-corrected chi connectivity index (χ3v) is 4.54. The lowest BCUT2D eigenvalue weighted by Gasteiger charge is -2.27. The molecule has 1 N–H and O–H groups in total. The highest BCUT2D eigenvalue weighted by atomic mass is 16.5. The number of rotatable bonds is 5. The summed E-state index contributed by atoms with van der Waals surface area (Å²) in [6.45, 7) is 2.17. The van der Waals surface area contributed by atoms with E-state index in [2.05, 4.69) is 20.2 Å². The first-order chi connectivity index (χ1) is 12.8. The van der Waals surface area contributed by atoms with Crippen molar-refractivity contribution in [1.29, 1.82) is 0 Å². The molecular formula is C20H22N4O2. The monoisotopic (exact) mass is 350 g/mol. The molecule has 0 saturated carbocycles. The topological polar surface area (TPSA) is 63.4 Å². The summed E-state index contributed by atoms with van der Waals surface area (Å²) in [6.07, 6.45) is 7.32. The number of nitrogens with zero attached hydrogens (tertiary/aromatic N) is 3. The summed E-state index contributed by atoms with van der Waals surface area (Å²) in [5.74, 6) is 2.50. The van der Waals surface area contributed by atoms with Crippen LogP contribution in [-0.2, 0) is 0 Å². The van der Waals surface area contributed by atoms with Gasteiger partial charge >= 0.3 is 0 Å². The number of anilines is 3. The number of benzene rings is 1. The number of pyridine rings is 1. The highest BCUT2D eigenvalue weighted by Crippen LogP contribution is 2.27. The molecule has 4 rings (SSSR count). The van der Waals surface area contributed by atoms with Crippen LogP contribution >= 0.6 is 0 Å². The normalized spacial score (nSPS) is 14.3. The third kappa shape index (κ3) is 3.64. The van der Waals surface area contributed by atoms with Gasteiger partial charge in [-0.2, -0.15) is 0 Å². The van der Waals surface area contributed by atoms with Crippen LogP contribution in [0, 0.1) is 0 Å². The summed E-state index contributed by atoms with van der Waals surface area (Å²) < 4.78 is 11.1. The molecule has 0 atom stereocenters. The van der Waals surface area contributed by atoms with Gasteiger partial charge in [0.2, 0.25) is 0 Å². The number of methoxy groups -OCH3 is 1.